The van der Waals surface area contributed by atoms with Crippen LogP contribution in [0.25, 0.3) is 0 Å². The summed E-state index contributed by atoms with van der Waals surface area (Å²) in [6, 6.07) is 9.22. The maximum atomic E-state index is 3.55. The van der Waals surface area contributed by atoms with E-state index >= 15 is 0 Å². The summed E-state index contributed by atoms with van der Waals surface area (Å²) in [6.45, 7) is 9.11. The minimum atomic E-state index is 0.448. The van der Waals surface area contributed by atoms with Gasteiger partial charge in [-0.1, -0.05) is 45.0 Å². The van der Waals surface area contributed by atoms with Gasteiger partial charge in [-0.05, 0) is 54.7 Å². The SMILES string of the molecule is CCNCC(C)(Cc1ccc(CC)cc1)C1CC1. The second-order valence-corrected chi connectivity index (χ2v) is 6.06. The Morgan fingerprint density at radius 1 is 1.11 bits per heavy atom. The van der Waals surface area contributed by atoms with E-state index < -0.39 is 0 Å². The molecule has 100 valence electrons. The molecular weight excluding hydrogens is 218 g/mol. The van der Waals surface area contributed by atoms with Gasteiger partial charge in [0.2, 0.25) is 0 Å². The maximum Gasteiger partial charge on any atom is 0.00109 e. The van der Waals surface area contributed by atoms with Crippen molar-refractivity contribution in [1.82, 2.24) is 5.32 Å². The molecule has 1 atom stereocenters. The molecule has 0 saturated heterocycles. The third-order valence-corrected chi connectivity index (χ3v) is 4.38. The second-order valence-electron chi connectivity index (χ2n) is 6.06. The van der Waals surface area contributed by atoms with Gasteiger partial charge in [0.15, 0.2) is 0 Å². The fourth-order valence-corrected chi connectivity index (χ4v) is 2.90. The summed E-state index contributed by atoms with van der Waals surface area (Å²) >= 11 is 0. The van der Waals surface area contributed by atoms with E-state index in [2.05, 4.69) is 50.4 Å². The van der Waals surface area contributed by atoms with Gasteiger partial charge in [0.1, 0.15) is 0 Å². The molecule has 1 N–H and O–H groups in total. The molecule has 18 heavy (non-hydrogen) atoms. The van der Waals surface area contributed by atoms with E-state index in [-0.39, 0.29) is 0 Å². The van der Waals surface area contributed by atoms with Crippen molar-refractivity contribution in [2.75, 3.05) is 13.1 Å². The molecule has 0 heterocycles. The number of benzene rings is 1. The summed E-state index contributed by atoms with van der Waals surface area (Å²) in [5.41, 5.74) is 3.39. The van der Waals surface area contributed by atoms with Crippen molar-refractivity contribution < 1.29 is 0 Å². The summed E-state index contributed by atoms with van der Waals surface area (Å²) in [5, 5.41) is 3.55. The molecule has 1 aliphatic carbocycles. The Balaban J connectivity index is 2.03. The van der Waals surface area contributed by atoms with E-state index in [4.69, 9.17) is 0 Å². The molecule has 0 aliphatic heterocycles. The van der Waals surface area contributed by atoms with Crippen LogP contribution in [0.5, 0.6) is 0 Å². The van der Waals surface area contributed by atoms with Gasteiger partial charge in [0.05, 0.1) is 0 Å². The quantitative estimate of drug-likeness (QED) is 0.770. The molecule has 1 aromatic rings. The van der Waals surface area contributed by atoms with Crippen LogP contribution in [-0.2, 0) is 12.8 Å². The minimum absolute atomic E-state index is 0.448. The van der Waals surface area contributed by atoms with E-state index in [1.807, 2.05) is 0 Å². The van der Waals surface area contributed by atoms with Crippen LogP contribution >= 0.6 is 0 Å². The highest BCUT2D eigenvalue weighted by Crippen LogP contribution is 2.47. The first kappa shape index (κ1) is 13.6. The second kappa shape index (κ2) is 5.88. The lowest BCUT2D eigenvalue weighted by atomic mass is 9.78. The molecule has 1 aliphatic rings. The average molecular weight is 245 g/mol. The average Bonchev–Trinajstić information content (AvgIpc) is 3.22. The van der Waals surface area contributed by atoms with Crippen LogP contribution in [0.4, 0.5) is 0 Å². The molecule has 1 saturated carbocycles. The zero-order valence-corrected chi connectivity index (χ0v) is 12.1. The van der Waals surface area contributed by atoms with Gasteiger partial charge in [-0.3, -0.25) is 0 Å². The third kappa shape index (κ3) is 3.35. The summed E-state index contributed by atoms with van der Waals surface area (Å²) in [6.07, 6.45) is 5.20. The van der Waals surface area contributed by atoms with Crippen LogP contribution < -0.4 is 5.32 Å². The summed E-state index contributed by atoms with van der Waals surface area (Å²) < 4.78 is 0. The molecule has 1 aromatic carbocycles. The molecular formula is C17H27N. The Morgan fingerprint density at radius 2 is 1.72 bits per heavy atom. The Labute approximate surface area is 112 Å². The fraction of sp³-hybridized carbons (Fsp3) is 0.647. The summed E-state index contributed by atoms with van der Waals surface area (Å²) in [7, 11) is 0. The molecule has 1 fully saturated rings. The van der Waals surface area contributed by atoms with Gasteiger partial charge in [-0.2, -0.15) is 0 Å². The predicted molar refractivity (Wildman–Crippen MR) is 78.9 cm³/mol. The highest BCUT2D eigenvalue weighted by atomic mass is 14.9. The highest BCUT2D eigenvalue weighted by Gasteiger charge is 2.40. The van der Waals surface area contributed by atoms with Crippen LogP contribution in [0.2, 0.25) is 0 Å². The molecule has 0 bridgehead atoms. The number of hydrogen-bond donors (Lipinski definition) is 1. The summed E-state index contributed by atoms with van der Waals surface area (Å²) in [4.78, 5) is 0. The molecule has 1 nitrogen and oxygen atoms in total. The first-order valence-corrected chi connectivity index (χ1v) is 7.46. The van der Waals surface area contributed by atoms with E-state index in [0.717, 1.165) is 25.4 Å². The number of rotatable bonds is 7. The Bertz CT molecular complexity index is 364. The van der Waals surface area contributed by atoms with Crippen molar-refractivity contribution in [2.24, 2.45) is 11.3 Å². The smallest absolute Gasteiger partial charge is 0.00109 e. The van der Waals surface area contributed by atoms with Crippen molar-refractivity contribution in [1.29, 1.82) is 0 Å². The molecule has 0 spiro atoms. The topological polar surface area (TPSA) is 12.0 Å². The van der Waals surface area contributed by atoms with Gasteiger partial charge in [-0.25, -0.2) is 0 Å². The fourth-order valence-electron chi connectivity index (χ4n) is 2.90. The zero-order chi connectivity index (χ0) is 13.0. The standard InChI is InChI=1S/C17H27N/c1-4-14-6-8-15(9-7-14)12-17(3,13-18-5-2)16-10-11-16/h6-9,16,18H,4-5,10-13H2,1-3H3. The van der Waals surface area contributed by atoms with Crippen LogP contribution in [0.3, 0.4) is 0 Å². The zero-order valence-electron chi connectivity index (χ0n) is 12.1. The van der Waals surface area contributed by atoms with Gasteiger partial charge in [0.25, 0.3) is 0 Å². The van der Waals surface area contributed by atoms with Crippen LogP contribution in [0.1, 0.15) is 44.7 Å². The lowest BCUT2D eigenvalue weighted by Crippen LogP contribution is -2.35. The normalized spacial score (nSPS) is 18.6. The van der Waals surface area contributed by atoms with E-state index in [9.17, 15) is 0 Å². The van der Waals surface area contributed by atoms with Crippen molar-refractivity contribution in [3.8, 4) is 0 Å². The Hall–Kier alpha value is -0.820. The Kier molecular flexibility index (Phi) is 4.45. The van der Waals surface area contributed by atoms with Gasteiger partial charge in [0, 0.05) is 6.54 Å². The molecule has 0 radical (unpaired) electrons. The van der Waals surface area contributed by atoms with Crippen molar-refractivity contribution in [3.05, 3.63) is 35.4 Å². The number of aryl methyl sites for hydroxylation is 1. The first-order chi connectivity index (χ1) is 8.68. The molecule has 2 rings (SSSR count). The van der Waals surface area contributed by atoms with Gasteiger partial charge < -0.3 is 5.32 Å². The number of nitrogens with one attached hydrogen (secondary N) is 1. The van der Waals surface area contributed by atoms with Crippen molar-refractivity contribution in [3.63, 3.8) is 0 Å². The van der Waals surface area contributed by atoms with Gasteiger partial charge >= 0.3 is 0 Å². The van der Waals surface area contributed by atoms with Crippen molar-refractivity contribution in [2.45, 2.75) is 46.5 Å². The van der Waals surface area contributed by atoms with Gasteiger partial charge in [-0.15, -0.1) is 0 Å². The first-order valence-electron chi connectivity index (χ1n) is 7.46. The van der Waals surface area contributed by atoms with Crippen molar-refractivity contribution >= 4 is 0 Å². The monoisotopic (exact) mass is 245 g/mol. The third-order valence-electron chi connectivity index (χ3n) is 4.38. The lowest BCUT2D eigenvalue weighted by Gasteiger charge is -2.30. The predicted octanol–water partition coefficient (Wildman–Crippen LogP) is 3.82. The Morgan fingerprint density at radius 3 is 2.22 bits per heavy atom. The largest absolute Gasteiger partial charge is 0.316 e. The number of hydrogen-bond acceptors (Lipinski definition) is 1. The van der Waals surface area contributed by atoms with Crippen LogP contribution in [0.15, 0.2) is 24.3 Å². The molecule has 0 aromatic heterocycles. The lowest BCUT2D eigenvalue weighted by molar-refractivity contribution is 0.258. The minimum Gasteiger partial charge on any atom is -0.316 e. The maximum absolute atomic E-state index is 3.55. The molecule has 0 amide bonds. The van der Waals surface area contributed by atoms with E-state index in [1.54, 1.807) is 0 Å². The van der Waals surface area contributed by atoms with Crippen LogP contribution in [0, 0.1) is 11.3 Å². The van der Waals surface area contributed by atoms with E-state index in [0.29, 0.717) is 5.41 Å². The highest BCUT2D eigenvalue weighted by molar-refractivity contribution is 5.24. The summed E-state index contributed by atoms with van der Waals surface area (Å²) in [5.74, 6) is 0.933. The molecule has 1 unspecified atom stereocenters. The molecule has 1 heteroatoms. The van der Waals surface area contributed by atoms with Crippen LogP contribution in [-0.4, -0.2) is 13.1 Å². The van der Waals surface area contributed by atoms with E-state index in [1.165, 1.54) is 30.4 Å².